The summed E-state index contributed by atoms with van der Waals surface area (Å²) in [6.45, 7) is 8.50. The van der Waals surface area contributed by atoms with Crippen molar-refractivity contribution in [2.45, 2.75) is 47.0 Å². The number of rotatable bonds is 5. The van der Waals surface area contributed by atoms with Crippen LogP contribution in [0, 0.1) is 11.8 Å². The first-order valence-corrected chi connectivity index (χ1v) is 5.39. The highest BCUT2D eigenvalue weighted by atomic mass is 16.7. The van der Waals surface area contributed by atoms with Gasteiger partial charge in [0.2, 0.25) is 6.29 Å². The third-order valence-electron chi connectivity index (χ3n) is 2.05. The van der Waals surface area contributed by atoms with Crippen LogP contribution in [0.3, 0.4) is 0 Å². The SMILES string of the molecule is CC(=O)OC(OC(=O)[C@@H](N)C(C)C)C(C)C. The standard InChI is InChI=1S/C11H21NO4/c1-6(2)9(12)10(14)16-11(7(3)4)15-8(5)13/h6-7,9,11H,12H2,1-5H3/t9-,11?/m0/s1. The second-order valence-corrected chi connectivity index (χ2v) is 4.43. The lowest BCUT2D eigenvalue weighted by Gasteiger charge is -2.23. The molecule has 5 nitrogen and oxygen atoms in total. The Hall–Kier alpha value is -1.10. The average molecular weight is 231 g/mol. The molecule has 0 radical (unpaired) electrons. The van der Waals surface area contributed by atoms with Crippen LogP contribution in [0.2, 0.25) is 0 Å². The molecule has 0 spiro atoms. The molecule has 0 bridgehead atoms. The van der Waals surface area contributed by atoms with E-state index in [1.54, 1.807) is 13.8 Å². The summed E-state index contributed by atoms with van der Waals surface area (Å²) in [5, 5.41) is 0. The van der Waals surface area contributed by atoms with Gasteiger partial charge in [0.1, 0.15) is 6.04 Å². The van der Waals surface area contributed by atoms with E-state index in [9.17, 15) is 9.59 Å². The number of hydrogen-bond donors (Lipinski definition) is 1. The Balaban J connectivity index is 4.40. The van der Waals surface area contributed by atoms with Gasteiger partial charge in [-0.25, -0.2) is 0 Å². The van der Waals surface area contributed by atoms with Gasteiger partial charge >= 0.3 is 11.9 Å². The van der Waals surface area contributed by atoms with E-state index in [2.05, 4.69) is 0 Å². The van der Waals surface area contributed by atoms with E-state index in [0.29, 0.717) is 0 Å². The Morgan fingerprint density at radius 2 is 1.50 bits per heavy atom. The van der Waals surface area contributed by atoms with Gasteiger partial charge in [0.25, 0.3) is 0 Å². The zero-order chi connectivity index (χ0) is 12.9. The number of ether oxygens (including phenoxy) is 2. The van der Waals surface area contributed by atoms with Crippen LogP contribution >= 0.6 is 0 Å². The van der Waals surface area contributed by atoms with Crippen molar-refractivity contribution >= 4 is 11.9 Å². The highest BCUT2D eigenvalue weighted by Crippen LogP contribution is 2.11. The van der Waals surface area contributed by atoms with Crippen LogP contribution in [0.5, 0.6) is 0 Å². The van der Waals surface area contributed by atoms with Gasteiger partial charge in [-0.2, -0.15) is 0 Å². The number of carbonyl (C=O) groups excluding carboxylic acids is 2. The van der Waals surface area contributed by atoms with Crippen molar-refractivity contribution in [2.24, 2.45) is 17.6 Å². The summed E-state index contributed by atoms with van der Waals surface area (Å²) in [7, 11) is 0. The van der Waals surface area contributed by atoms with Crippen LogP contribution in [-0.2, 0) is 19.1 Å². The van der Waals surface area contributed by atoms with Gasteiger partial charge in [0, 0.05) is 12.8 Å². The quantitative estimate of drug-likeness (QED) is 0.565. The number of carbonyl (C=O) groups is 2. The molecule has 0 aromatic rings. The molecule has 0 rings (SSSR count). The molecule has 0 saturated carbocycles. The van der Waals surface area contributed by atoms with Crippen molar-refractivity contribution in [1.29, 1.82) is 0 Å². The summed E-state index contributed by atoms with van der Waals surface area (Å²) in [5.74, 6) is -1.15. The molecule has 0 heterocycles. The monoisotopic (exact) mass is 231 g/mol. The summed E-state index contributed by atoms with van der Waals surface area (Å²) in [4.78, 5) is 22.3. The first-order chi connectivity index (χ1) is 7.25. The highest BCUT2D eigenvalue weighted by molar-refractivity contribution is 5.76. The maximum atomic E-state index is 11.5. The highest BCUT2D eigenvalue weighted by Gasteiger charge is 2.26. The number of nitrogens with two attached hydrogens (primary N) is 1. The van der Waals surface area contributed by atoms with Gasteiger partial charge in [-0.05, 0) is 5.92 Å². The van der Waals surface area contributed by atoms with Crippen molar-refractivity contribution in [1.82, 2.24) is 0 Å². The van der Waals surface area contributed by atoms with Crippen LogP contribution in [0.1, 0.15) is 34.6 Å². The summed E-state index contributed by atoms with van der Waals surface area (Å²) in [6, 6.07) is -0.697. The van der Waals surface area contributed by atoms with E-state index in [4.69, 9.17) is 15.2 Å². The average Bonchev–Trinajstić information content (AvgIpc) is 2.14. The summed E-state index contributed by atoms with van der Waals surface area (Å²) < 4.78 is 9.91. The zero-order valence-corrected chi connectivity index (χ0v) is 10.5. The lowest BCUT2D eigenvalue weighted by Crippen LogP contribution is -2.41. The fourth-order valence-corrected chi connectivity index (χ4v) is 0.925. The van der Waals surface area contributed by atoms with Crippen LogP contribution in [0.25, 0.3) is 0 Å². The van der Waals surface area contributed by atoms with Crippen LogP contribution in [0.4, 0.5) is 0 Å². The first-order valence-electron chi connectivity index (χ1n) is 5.39. The maximum absolute atomic E-state index is 11.5. The maximum Gasteiger partial charge on any atom is 0.326 e. The van der Waals surface area contributed by atoms with Crippen molar-refractivity contribution < 1.29 is 19.1 Å². The molecule has 2 atom stereocenters. The Labute approximate surface area is 96.3 Å². The molecule has 5 heteroatoms. The molecular formula is C11H21NO4. The Morgan fingerprint density at radius 1 is 1.00 bits per heavy atom. The lowest BCUT2D eigenvalue weighted by atomic mass is 10.1. The molecule has 0 aromatic carbocycles. The molecule has 2 N–H and O–H groups in total. The molecule has 16 heavy (non-hydrogen) atoms. The summed E-state index contributed by atoms with van der Waals surface area (Å²) in [6.07, 6.45) is -0.866. The molecule has 0 aliphatic heterocycles. The van der Waals surface area contributed by atoms with Crippen molar-refractivity contribution in [2.75, 3.05) is 0 Å². The van der Waals surface area contributed by atoms with Crippen molar-refractivity contribution in [3.8, 4) is 0 Å². The molecule has 0 saturated heterocycles. The van der Waals surface area contributed by atoms with E-state index in [-0.39, 0.29) is 11.8 Å². The van der Waals surface area contributed by atoms with Gasteiger partial charge < -0.3 is 15.2 Å². The third kappa shape index (κ3) is 5.11. The van der Waals surface area contributed by atoms with E-state index >= 15 is 0 Å². The second-order valence-electron chi connectivity index (χ2n) is 4.43. The normalized spacial score (nSPS) is 14.8. The van der Waals surface area contributed by atoms with E-state index in [1.165, 1.54) is 6.92 Å². The molecule has 0 aromatic heterocycles. The van der Waals surface area contributed by atoms with Gasteiger partial charge in [-0.1, -0.05) is 27.7 Å². The molecule has 94 valence electrons. The Bertz CT molecular complexity index is 250. The first kappa shape index (κ1) is 14.9. The smallest absolute Gasteiger partial charge is 0.326 e. The van der Waals surface area contributed by atoms with Gasteiger partial charge in [-0.3, -0.25) is 9.59 Å². The topological polar surface area (TPSA) is 78.6 Å². The molecule has 0 fully saturated rings. The van der Waals surface area contributed by atoms with Crippen LogP contribution in [-0.4, -0.2) is 24.3 Å². The minimum atomic E-state index is -0.866. The fourth-order valence-electron chi connectivity index (χ4n) is 0.925. The van der Waals surface area contributed by atoms with Crippen LogP contribution < -0.4 is 5.73 Å². The number of esters is 2. The van der Waals surface area contributed by atoms with Crippen LogP contribution in [0.15, 0.2) is 0 Å². The van der Waals surface area contributed by atoms with E-state index in [0.717, 1.165) is 0 Å². The Morgan fingerprint density at radius 3 is 1.81 bits per heavy atom. The molecular weight excluding hydrogens is 210 g/mol. The van der Waals surface area contributed by atoms with E-state index in [1.807, 2.05) is 13.8 Å². The van der Waals surface area contributed by atoms with Crippen molar-refractivity contribution in [3.63, 3.8) is 0 Å². The zero-order valence-electron chi connectivity index (χ0n) is 10.5. The van der Waals surface area contributed by atoms with Crippen molar-refractivity contribution in [3.05, 3.63) is 0 Å². The van der Waals surface area contributed by atoms with E-state index < -0.39 is 24.3 Å². The van der Waals surface area contributed by atoms with Gasteiger partial charge in [0.15, 0.2) is 0 Å². The predicted molar refractivity (Wildman–Crippen MR) is 59.3 cm³/mol. The minimum Gasteiger partial charge on any atom is -0.425 e. The largest absolute Gasteiger partial charge is 0.425 e. The second kappa shape index (κ2) is 6.48. The Kier molecular flexibility index (Phi) is 6.03. The summed E-state index contributed by atoms with van der Waals surface area (Å²) in [5.41, 5.74) is 5.62. The predicted octanol–water partition coefficient (Wildman–Crippen LogP) is 1.06. The molecule has 0 aliphatic carbocycles. The van der Waals surface area contributed by atoms with Gasteiger partial charge in [0.05, 0.1) is 0 Å². The molecule has 1 unspecified atom stereocenters. The number of hydrogen-bond acceptors (Lipinski definition) is 5. The molecule has 0 aliphatic rings. The third-order valence-corrected chi connectivity index (χ3v) is 2.05. The molecule has 0 amide bonds. The minimum absolute atomic E-state index is 0.0161. The summed E-state index contributed by atoms with van der Waals surface area (Å²) >= 11 is 0. The fraction of sp³-hybridized carbons (Fsp3) is 0.818. The van der Waals surface area contributed by atoms with Gasteiger partial charge in [-0.15, -0.1) is 0 Å². The lowest BCUT2D eigenvalue weighted by molar-refractivity contribution is -0.195.